The number of anilines is 1. The van der Waals surface area contributed by atoms with E-state index in [9.17, 15) is 0 Å². The lowest BCUT2D eigenvalue weighted by atomic mass is 10.1. The van der Waals surface area contributed by atoms with E-state index in [0.29, 0.717) is 5.92 Å². The molecular formula is C16H27N3O. The zero-order chi connectivity index (χ0) is 14.5. The van der Waals surface area contributed by atoms with Crippen LogP contribution in [-0.2, 0) is 11.3 Å². The summed E-state index contributed by atoms with van der Waals surface area (Å²) in [5.74, 6) is 1.49. The van der Waals surface area contributed by atoms with Crippen LogP contribution < -0.4 is 10.2 Å². The molecule has 0 aromatic carbocycles. The van der Waals surface area contributed by atoms with Gasteiger partial charge in [0, 0.05) is 39.0 Å². The van der Waals surface area contributed by atoms with Crippen molar-refractivity contribution in [3.8, 4) is 0 Å². The molecule has 1 saturated carbocycles. The zero-order valence-electron chi connectivity index (χ0n) is 13.1. The fourth-order valence-corrected chi connectivity index (χ4v) is 2.08. The van der Waals surface area contributed by atoms with Gasteiger partial charge in [-0.25, -0.2) is 4.98 Å². The molecule has 0 unspecified atom stereocenters. The minimum atomic E-state index is 0.449. The lowest BCUT2D eigenvalue weighted by Crippen LogP contribution is -2.24. The molecule has 2 rings (SSSR count). The molecule has 0 bridgehead atoms. The van der Waals surface area contributed by atoms with Crippen LogP contribution in [0.2, 0.25) is 0 Å². The molecule has 1 aliphatic rings. The highest BCUT2D eigenvalue weighted by molar-refractivity contribution is 5.42. The highest BCUT2D eigenvalue weighted by Crippen LogP contribution is 2.22. The van der Waals surface area contributed by atoms with Gasteiger partial charge in [-0.15, -0.1) is 0 Å². The van der Waals surface area contributed by atoms with Gasteiger partial charge in [0.2, 0.25) is 0 Å². The van der Waals surface area contributed by atoms with Crippen LogP contribution in [-0.4, -0.2) is 38.3 Å². The van der Waals surface area contributed by atoms with Crippen molar-refractivity contribution >= 4 is 5.82 Å². The average Bonchev–Trinajstić information content (AvgIpc) is 3.26. The van der Waals surface area contributed by atoms with Crippen molar-refractivity contribution in [1.82, 2.24) is 10.3 Å². The van der Waals surface area contributed by atoms with Gasteiger partial charge in [-0.2, -0.15) is 0 Å². The van der Waals surface area contributed by atoms with E-state index in [1.165, 1.54) is 24.1 Å². The second kappa shape index (κ2) is 7.04. The van der Waals surface area contributed by atoms with Crippen molar-refractivity contribution in [3.05, 3.63) is 23.4 Å². The summed E-state index contributed by atoms with van der Waals surface area (Å²) in [5, 5.41) is 3.58. The highest BCUT2D eigenvalue weighted by Gasteiger charge is 2.20. The number of methoxy groups -OCH3 is 1. The summed E-state index contributed by atoms with van der Waals surface area (Å²) in [6.07, 6.45) is 2.64. The van der Waals surface area contributed by atoms with E-state index in [1.807, 2.05) is 0 Å². The number of hydrogen-bond acceptors (Lipinski definition) is 4. The maximum absolute atomic E-state index is 5.15. The number of likely N-dealkylation sites (N-methyl/N-ethyl adjacent to an activating group) is 1. The fourth-order valence-electron chi connectivity index (χ4n) is 2.08. The maximum Gasteiger partial charge on any atom is 0.128 e. The van der Waals surface area contributed by atoms with Crippen LogP contribution in [0.4, 0.5) is 5.82 Å². The van der Waals surface area contributed by atoms with Crippen LogP contribution in [0.15, 0.2) is 12.1 Å². The van der Waals surface area contributed by atoms with Crippen molar-refractivity contribution in [3.63, 3.8) is 0 Å². The summed E-state index contributed by atoms with van der Waals surface area (Å²) in [6.45, 7) is 6.91. The third kappa shape index (κ3) is 4.46. The molecule has 1 aromatic rings. The lowest BCUT2D eigenvalue weighted by Gasteiger charge is -2.20. The van der Waals surface area contributed by atoms with Gasteiger partial charge >= 0.3 is 0 Å². The minimum absolute atomic E-state index is 0.449. The molecule has 0 saturated heterocycles. The van der Waals surface area contributed by atoms with E-state index in [4.69, 9.17) is 9.72 Å². The summed E-state index contributed by atoms with van der Waals surface area (Å²) in [7, 11) is 3.81. The molecule has 0 spiro atoms. The molecule has 0 amide bonds. The summed E-state index contributed by atoms with van der Waals surface area (Å²) >= 11 is 0. The van der Waals surface area contributed by atoms with Crippen LogP contribution in [0.3, 0.4) is 0 Å². The number of nitrogens with one attached hydrogen (secondary N) is 1. The normalized spacial score (nSPS) is 14.8. The Bertz CT molecular complexity index is 430. The third-order valence-corrected chi connectivity index (χ3v) is 3.68. The monoisotopic (exact) mass is 277 g/mol. The van der Waals surface area contributed by atoms with E-state index >= 15 is 0 Å². The Morgan fingerprint density at radius 1 is 1.40 bits per heavy atom. The Morgan fingerprint density at radius 2 is 2.15 bits per heavy atom. The molecule has 1 N–H and O–H groups in total. The zero-order valence-corrected chi connectivity index (χ0v) is 13.1. The lowest BCUT2D eigenvalue weighted by molar-refractivity contribution is 0.206. The van der Waals surface area contributed by atoms with Crippen molar-refractivity contribution in [1.29, 1.82) is 0 Å². The maximum atomic E-state index is 5.15. The smallest absolute Gasteiger partial charge is 0.128 e. The van der Waals surface area contributed by atoms with Crippen LogP contribution >= 0.6 is 0 Å². The first-order chi connectivity index (χ1) is 9.60. The molecule has 0 radical (unpaired) electrons. The predicted molar refractivity (Wildman–Crippen MR) is 83.3 cm³/mol. The standard InChI is InChI=1S/C16H27N3O/c1-12(2)15-9-13(11-17-14-5-6-14)10-16(18-15)19(3)7-8-20-4/h9-10,12,14,17H,5-8,11H2,1-4H3. The molecule has 0 aliphatic heterocycles. The number of hydrogen-bond donors (Lipinski definition) is 1. The number of pyridine rings is 1. The molecule has 112 valence electrons. The van der Waals surface area contributed by atoms with Gasteiger partial charge in [-0.1, -0.05) is 13.8 Å². The average molecular weight is 277 g/mol. The van der Waals surface area contributed by atoms with Crippen molar-refractivity contribution < 1.29 is 4.74 Å². The SMILES string of the molecule is COCCN(C)c1cc(CNC2CC2)cc(C(C)C)n1. The Hall–Kier alpha value is -1.13. The summed E-state index contributed by atoms with van der Waals surface area (Å²) in [6, 6.07) is 5.16. The van der Waals surface area contributed by atoms with Gasteiger partial charge < -0.3 is 15.0 Å². The van der Waals surface area contributed by atoms with Crippen LogP contribution in [0.5, 0.6) is 0 Å². The molecule has 0 atom stereocenters. The van der Waals surface area contributed by atoms with E-state index in [-0.39, 0.29) is 0 Å². The van der Waals surface area contributed by atoms with E-state index in [2.05, 4.69) is 43.2 Å². The number of aromatic nitrogens is 1. The first-order valence-corrected chi connectivity index (χ1v) is 7.54. The van der Waals surface area contributed by atoms with Gasteiger partial charge in [0.25, 0.3) is 0 Å². The molecule has 1 fully saturated rings. The molecule has 1 aliphatic carbocycles. The second-order valence-electron chi connectivity index (χ2n) is 5.98. The van der Waals surface area contributed by atoms with Gasteiger partial charge in [0.05, 0.1) is 6.61 Å². The van der Waals surface area contributed by atoms with Gasteiger partial charge in [0.1, 0.15) is 5.82 Å². The predicted octanol–water partition coefficient (Wildman–Crippen LogP) is 2.54. The van der Waals surface area contributed by atoms with Crippen LogP contribution in [0, 0.1) is 0 Å². The van der Waals surface area contributed by atoms with Crippen molar-refractivity contribution in [2.75, 3.05) is 32.2 Å². The van der Waals surface area contributed by atoms with E-state index < -0.39 is 0 Å². The Kier molecular flexibility index (Phi) is 5.38. The topological polar surface area (TPSA) is 37.4 Å². The van der Waals surface area contributed by atoms with Gasteiger partial charge in [-0.3, -0.25) is 0 Å². The number of rotatable bonds is 8. The first-order valence-electron chi connectivity index (χ1n) is 7.54. The van der Waals surface area contributed by atoms with Crippen LogP contribution in [0.1, 0.15) is 43.9 Å². The second-order valence-corrected chi connectivity index (χ2v) is 5.98. The minimum Gasteiger partial charge on any atom is -0.383 e. The summed E-state index contributed by atoms with van der Waals surface area (Å²) in [4.78, 5) is 6.93. The largest absolute Gasteiger partial charge is 0.383 e. The Morgan fingerprint density at radius 3 is 2.75 bits per heavy atom. The molecule has 1 heterocycles. The quantitative estimate of drug-likeness (QED) is 0.792. The van der Waals surface area contributed by atoms with Gasteiger partial charge in [-0.05, 0) is 36.5 Å². The molecule has 1 aromatic heterocycles. The summed E-state index contributed by atoms with van der Waals surface area (Å²) in [5.41, 5.74) is 2.49. The molecule has 4 nitrogen and oxygen atoms in total. The molecule has 20 heavy (non-hydrogen) atoms. The Balaban J connectivity index is 2.11. The van der Waals surface area contributed by atoms with E-state index in [0.717, 1.165) is 31.6 Å². The van der Waals surface area contributed by atoms with E-state index in [1.54, 1.807) is 7.11 Å². The first kappa shape index (κ1) is 15.3. The number of ether oxygens (including phenoxy) is 1. The fraction of sp³-hybridized carbons (Fsp3) is 0.688. The van der Waals surface area contributed by atoms with Crippen molar-refractivity contribution in [2.24, 2.45) is 0 Å². The summed E-state index contributed by atoms with van der Waals surface area (Å²) < 4.78 is 5.15. The van der Waals surface area contributed by atoms with Crippen LogP contribution in [0.25, 0.3) is 0 Å². The number of nitrogens with zero attached hydrogens (tertiary/aromatic N) is 2. The van der Waals surface area contributed by atoms with Crippen molar-refractivity contribution in [2.45, 2.75) is 45.2 Å². The highest BCUT2D eigenvalue weighted by atomic mass is 16.5. The Labute approximate surface area is 122 Å². The van der Waals surface area contributed by atoms with Gasteiger partial charge in [0.15, 0.2) is 0 Å². The molecule has 4 heteroatoms. The molecular weight excluding hydrogens is 250 g/mol. The third-order valence-electron chi connectivity index (χ3n) is 3.68.